The molecule has 0 atom stereocenters. The summed E-state index contributed by atoms with van der Waals surface area (Å²) in [6.07, 6.45) is 1.90. The Hall–Kier alpha value is -1.83. The highest BCUT2D eigenvalue weighted by Gasteiger charge is 2.18. The van der Waals surface area contributed by atoms with E-state index in [0.29, 0.717) is 34.1 Å². The second kappa shape index (κ2) is 6.12. The number of anilines is 1. The molecule has 0 saturated heterocycles. The standard InChI is InChI=1S/C14H14ClN5OS/c1-21-7-10-11(8-4-3-5-9(15)6-8)12(16)20-13(17-10)18-14(19-20)22-2/h3-6H,7,16H2,1-2H3. The summed E-state index contributed by atoms with van der Waals surface area (Å²) < 4.78 is 6.79. The number of hydrogen-bond donors (Lipinski definition) is 1. The average molecular weight is 336 g/mol. The van der Waals surface area contributed by atoms with Gasteiger partial charge in [-0.2, -0.15) is 9.50 Å². The highest BCUT2D eigenvalue weighted by Crippen LogP contribution is 2.31. The van der Waals surface area contributed by atoms with Gasteiger partial charge in [-0.15, -0.1) is 5.10 Å². The van der Waals surface area contributed by atoms with Crippen molar-refractivity contribution in [2.24, 2.45) is 0 Å². The molecule has 6 nitrogen and oxygen atoms in total. The summed E-state index contributed by atoms with van der Waals surface area (Å²) in [6.45, 7) is 0.323. The molecule has 2 heterocycles. The molecule has 114 valence electrons. The predicted molar refractivity (Wildman–Crippen MR) is 88.1 cm³/mol. The number of nitrogens with two attached hydrogens (primary N) is 1. The number of hydrogen-bond acceptors (Lipinski definition) is 6. The Balaban J connectivity index is 2.30. The van der Waals surface area contributed by atoms with E-state index in [-0.39, 0.29) is 0 Å². The van der Waals surface area contributed by atoms with Crippen LogP contribution >= 0.6 is 23.4 Å². The molecule has 0 unspecified atom stereocenters. The summed E-state index contributed by atoms with van der Waals surface area (Å²) in [5.74, 6) is 0.923. The molecule has 0 fully saturated rings. The van der Waals surface area contributed by atoms with Crippen LogP contribution in [0.3, 0.4) is 0 Å². The van der Waals surface area contributed by atoms with E-state index in [1.54, 1.807) is 11.6 Å². The van der Waals surface area contributed by atoms with Crippen LogP contribution in [0.5, 0.6) is 0 Å². The van der Waals surface area contributed by atoms with Crippen LogP contribution in [-0.2, 0) is 11.3 Å². The Labute approximate surface area is 136 Å². The van der Waals surface area contributed by atoms with E-state index < -0.39 is 0 Å². The molecule has 2 aromatic heterocycles. The molecule has 0 aliphatic carbocycles. The van der Waals surface area contributed by atoms with Crippen molar-refractivity contribution in [1.29, 1.82) is 0 Å². The quantitative estimate of drug-likeness (QED) is 0.739. The lowest BCUT2D eigenvalue weighted by Gasteiger charge is -2.12. The molecule has 0 spiro atoms. The van der Waals surface area contributed by atoms with Gasteiger partial charge in [0.2, 0.25) is 5.16 Å². The first-order chi connectivity index (χ1) is 10.6. The second-order valence-corrected chi connectivity index (χ2v) is 5.78. The van der Waals surface area contributed by atoms with Gasteiger partial charge < -0.3 is 10.5 Å². The second-order valence-electron chi connectivity index (χ2n) is 4.57. The summed E-state index contributed by atoms with van der Waals surface area (Å²) in [5, 5.41) is 5.59. The van der Waals surface area contributed by atoms with Gasteiger partial charge in [-0.3, -0.25) is 0 Å². The maximum Gasteiger partial charge on any atom is 0.255 e. The fraction of sp³-hybridized carbons (Fsp3) is 0.214. The predicted octanol–water partition coefficient (Wildman–Crippen LogP) is 2.90. The molecule has 22 heavy (non-hydrogen) atoms. The molecule has 0 saturated carbocycles. The van der Waals surface area contributed by atoms with Gasteiger partial charge >= 0.3 is 0 Å². The van der Waals surface area contributed by atoms with Crippen LogP contribution in [0.15, 0.2) is 29.4 Å². The Bertz CT molecular complexity index is 835. The third kappa shape index (κ3) is 2.63. The number of methoxy groups -OCH3 is 1. The smallest absolute Gasteiger partial charge is 0.255 e. The Morgan fingerprint density at radius 3 is 2.86 bits per heavy atom. The molecule has 0 aliphatic heterocycles. The highest BCUT2D eigenvalue weighted by molar-refractivity contribution is 7.98. The van der Waals surface area contributed by atoms with Crippen LogP contribution in [0, 0.1) is 0 Å². The average Bonchev–Trinajstić information content (AvgIpc) is 2.91. The number of fused-ring (bicyclic) bond motifs is 1. The van der Waals surface area contributed by atoms with Gasteiger partial charge in [0.15, 0.2) is 0 Å². The van der Waals surface area contributed by atoms with Crippen molar-refractivity contribution < 1.29 is 4.74 Å². The topological polar surface area (TPSA) is 78.3 Å². The molecule has 0 bridgehead atoms. The van der Waals surface area contributed by atoms with Crippen molar-refractivity contribution in [2.75, 3.05) is 19.1 Å². The van der Waals surface area contributed by atoms with Gasteiger partial charge in [-0.1, -0.05) is 35.5 Å². The molecule has 3 aromatic rings. The monoisotopic (exact) mass is 335 g/mol. The fourth-order valence-corrected chi connectivity index (χ4v) is 2.76. The fourth-order valence-electron chi connectivity index (χ4n) is 2.24. The molecule has 8 heteroatoms. The van der Waals surface area contributed by atoms with E-state index >= 15 is 0 Å². The lowest BCUT2D eigenvalue weighted by Crippen LogP contribution is -2.08. The largest absolute Gasteiger partial charge is 0.383 e. The molecule has 0 radical (unpaired) electrons. The van der Waals surface area contributed by atoms with E-state index in [4.69, 9.17) is 22.1 Å². The van der Waals surface area contributed by atoms with Crippen molar-refractivity contribution in [3.63, 3.8) is 0 Å². The van der Waals surface area contributed by atoms with Crippen LogP contribution in [0.1, 0.15) is 5.69 Å². The summed E-state index contributed by atoms with van der Waals surface area (Å²) in [4.78, 5) is 8.86. The van der Waals surface area contributed by atoms with Gasteiger partial charge in [0.25, 0.3) is 5.78 Å². The normalized spacial score (nSPS) is 11.2. The van der Waals surface area contributed by atoms with Gasteiger partial charge in [-0.25, -0.2) is 4.98 Å². The zero-order valence-electron chi connectivity index (χ0n) is 12.1. The third-order valence-electron chi connectivity index (χ3n) is 3.16. The number of benzene rings is 1. The van der Waals surface area contributed by atoms with Crippen LogP contribution in [0.4, 0.5) is 5.82 Å². The zero-order chi connectivity index (χ0) is 15.7. The maximum atomic E-state index is 6.31. The van der Waals surface area contributed by atoms with Crippen molar-refractivity contribution in [3.05, 3.63) is 35.0 Å². The minimum absolute atomic E-state index is 0.323. The van der Waals surface area contributed by atoms with Crippen LogP contribution in [0.25, 0.3) is 16.9 Å². The summed E-state index contributed by atoms with van der Waals surface area (Å²) in [7, 11) is 1.61. The molecule has 0 aliphatic rings. The first-order valence-electron chi connectivity index (χ1n) is 6.48. The van der Waals surface area contributed by atoms with Crippen molar-refractivity contribution in [2.45, 2.75) is 11.8 Å². The number of nitrogens with zero attached hydrogens (tertiary/aromatic N) is 4. The molecular weight excluding hydrogens is 322 g/mol. The molecule has 2 N–H and O–H groups in total. The number of aromatic nitrogens is 4. The lowest BCUT2D eigenvalue weighted by molar-refractivity contribution is 0.182. The molecular formula is C14H14ClN5OS. The van der Waals surface area contributed by atoms with E-state index in [9.17, 15) is 0 Å². The lowest BCUT2D eigenvalue weighted by atomic mass is 10.0. The first-order valence-corrected chi connectivity index (χ1v) is 8.08. The Morgan fingerprint density at radius 1 is 1.36 bits per heavy atom. The third-order valence-corrected chi connectivity index (χ3v) is 3.93. The summed E-state index contributed by atoms with van der Waals surface area (Å²) in [6, 6.07) is 7.44. The summed E-state index contributed by atoms with van der Waals surface area (Å²) in [5.41, 5.74) is 8.64. The van der Waals surface area contributed by atoms with Crippen LogP contribution in [-0.4, -0.2) is 32.9 Å². The van der Waals surface area contributed by atoms with Crippen molar-refractivity contribution in [3.8, 4) is 11.1 Å². The van der Waals surface area contributed by atoms with Crippen LogP contribution < -0.4 is 5.73 Å². The number of ether oxygens (including phenoxy) is 1. The molecule has 1 aromatic carbocycles. The Morgan fingerprint density at radius 2 is 2.18 bits per heavy atom. The van der Waals surface area contributed by atoms with Gasteiger partial charge in [0, 0.05) is 17.7 Å². The van der Waals surface area contributed by atoms with E-state index in [2.05, 4.69) is 15.1 Å². The number of halogens is 1. The number of nitrogen functional groups attached to an aromatic ring is 1. The highest BCUT2D eigenvalue weighted by atomic mass is 35.5. The zero-order valence-corrected chi connectivity index (χ0v) is 13.6. The maximum absolute atomic E-state index is 6.31. The molecule has 0 amide bonds. The van der Waals surface area contributed by atoms with E-state index in [1.165, 1.54) is 11.8 Å². The number of thioether (sulfide) groups is 1. The SMILES string of the molecule is COCc1nc2nc(SC)nn2c(N)c1-c1cccc(Cl)c1. The van der Waals surface area contributed by atoms with Crippen molar-refractivity contribution in [1.82, 2.24) is 19.6 Å². The van der Waals surface area contributed by atoms with Gasteiger partial charge in [0.1, 0.15) is 5.82 Å². The van der Waals surface area contributed by atoms with E-state index in [0.717, 1.165) is 11.1 Å². The Kier molecular flexibility index (Phi) is 4.19. The van der Waals surface area contributed by atoms with Gasteiger partial charge in [-0.05, 0) is 24.0 Å². The molecule has 3 rings (SSSR count). The minimum Gasteiger partial charge on any atom is -0.383 e. The van der Waals surface area contributed by atoms with Crippen LogP contribution in [0.2, 0.25) is 5.02 Å². The van der Waals surface area contributed by atoms with E-state index in [1.807, 2.05) is 30.5 Å². The van der Waals surface area contributed by atoms with Crippen molar-refractivity contribution >= 4 is 35.0 Å². The minimum atomic E-state index is 0.323. The summed E-state index contributed by atoms with van der Waals surface area (Å²) >= 11 is 7.53. The van der Waals surface area contributed by atoms with Gasteiger partial charge in [0.05, 0.1) is 12.3 Å². The first kappa shape index (κ1) is 15.1. The number of rotatable bonds is 4.